The first-order valence-corrected chi connectivity index (χ1v) is 41.4. The molecule has 2 saturated carbocycles. The van der Waals surface area contributed by atoms with Crippen LogP contribution in [-0.2, 0) is 28.9 Å². The van der Waals surface area contributed by atoms with Crippen molar-refractivity contribution in [2.24, 2.45) is 28.5 Å². The van der Waals surface area contributed by atoms with Gasteiger partial charge in [-0.05, 0) is 184 Å². The van der Waals surface area contributed by atoms with Gasteiger partial charge in [-0.2, -0.15) is 0 Å². The van der Waals surface area contributed by atoms with Crippen LogP contribution in [0.5, 0.6) is 0 Å². The molecule has 34 heteroatoms. The summed E-state index contributed by atoms with van der Waals surface area (Å²) < 4.78 is 0. The number of aliphatic imine (C=N–C) groups is 1. The van der Waals surface area contributed by atoms with Crippen LogP contribution >= 0.6 is 91.5 Å². The van der Waals surface area contributed by atoms with E-state index < -0.39 is 5.97 Å². The Labute approximate surface area is 691 Å². The molecule has 0 unspecified atom stereocenters. The lowest BCUT2D eigenvalue weighted by molar-refractivity contribution is -0.112. The van der Waals surface area contributed by atoms with Gasteiger partial charge in [0.05, 0.1) is 75.4 Å². The van der Waals surface area contributed by atoms with Gasteiger partial charge < -0.3 is 36.7 Å². The van der Waals surface area contributed by atoms with Gasteiger partial charge in [-0.25, -0.2) is 54.6 Å². The number of carbonyl (C=O) groups excluding carboxylic acids is 3. The number of anilines is 2. The topological polar surface area (TPSA) is 360 Å². The molecule has 16 rings (SSSR count). The number of aromatic carboxylic acids is 1. The number of hydrogen-bond acceptors (Lipinski definition) is 27. The quantitative estimate of drug-likeness (QED) is 0.0260. The molecule has 2 saturated heterocycles. The summed E-state index contributed by atoms with van der Waals surface area (Å²) in [6.07, 6.45) is 35.7. The van der Waals surface area contributed by atoms with Gasteiger partial charge in [0.25, 0.3) is 5.91 Å². The van der Waals surface area contributed by atoms with E-state index in [-0.39, 0.29) is 33.9 Å². The summed E-state index contributed by atoms with van der Waals surface area (Å²) in [4.78, 5) is 118. The molecule has 0 spiro atoms. The van der Waals surface area contributed by atoms with Crippen LogP contribution in [0.2, 0.25) is 15.7 Å². The summed E-state index contributed by atoms with van der Waals surface area (Å²) in [7, 11) is 1.64. The molecule has 2 aliphatic heterocycles. The van der Waals surface area contributed by atoms with Gasteiger partial charge in [0.15, 0.2) is 0 Å². The molecule has 0 radical (unpaired) electrons. The Morgan fingerprint density at radius 3 is 1.29 bits per heavy atom. The number of halogens is 3. The summed E-state index contributed by atoms with van der Waals surface area (Å²) in [5.41, 5.74) is 20.2. The first-order valence-electron chi connectivity index (χ1n) is 35.8. The van der Waals surface area contributed by atoms with Gasteiger partial charge in [0, 0.05) is 129 Å². The van der Waals surface area contributed by atoms with Crippen molar-refractivity contribution in [2.75, 3.05) is 43.9 Å². The highest BCUT2D eigenvalue weighted by Crippen LogP contribution is 2.30. The van der Waals surface area contributed by atoms with Crippen molar-refractivity contribution in [3.8, 4) is 42.3 Å². The fourth-order valence-electron chi connectivity index (χ4n) is 11.3. The first kappa shape index (κ1) is 88.4. The summed E-state index contributed by atoms with van der Waals surface area (Å²) in [5.74, 6) is 2.95. The number of likely N-dealkylation sites (tertiary alicyclic amines) is 1. The Morgan fingerprint density at radius 2 is 0.938 bits per heavy atom. The molecule has 113 heavy (non-hydrogen) atoms. The summed E-state index contributed by atoms with van der Waals surface area (Å²) in [6, 6.07) is 22.5. The highest BCUT2D eigenvalue weighted by Gasteiger charge is 2.28. The standard InChI is InChI=1S/C22H21N5O2S.C13H15N3S.C12H14N4S.C10H9NO3.C7H4ClN3S.C5H11N.C4H2Cl2N2.C4H5NS.C2H5N/c1-2-21(28)25-17-5-3-16(4-6-17)22(29)27-10-8-15(13-27)11-20-24-9-7-18(26-20)19-12-23-14-30-19;1-2-4-10(3-1)7-13-15-6-5-11(16-13)12-8-14-9-17-12;1-3-13-6-9(1)5-12-15-4-2-10(16-12)11-7-14-8-17-11;1-2-9(12)11-8-5-3-7(4-6-8)10(13)14;8-7-10-2-1-5(11-7)6-3-9-4-12-6;6-5-3-1-2-4-5;5-3-1-2-7-4(6)8-3;1-4-2-5-3-6-4;1-3-2/h2-7,9,12,14-15H,1,8,10-11,13H2,(H,25,28);5-6,8-10H,1-4,7H2;2,4,7-9,13H,1,3,5-6H2;2-6H,1H2,(H,11,12)(H,13,14);1-4H;5H,1-4,6H2;1-2H;2-3H,1H3;1H2,2H3/t15-;;9-;;;;;;/m0.0....../s1. The number of carbonyl (C=O) groups is 4. The molecule has 2 atom stereocenters. The molecule has 4 aliphatic rings. The Morgan fingerprint density at radius 1 is 0.531 bits per heavy atom. The maximum absolute atomic E-state index is 12.8. The van der Waals surface area contributed by atoms with Crippen molar-refractivity contribution in [2.45, 2.75) is 96.4 Å². The van der Waals surface area contributed by atoms with E-state index in [2.05, 4.69) is 116 Å². The predicted octanol–water partition coefficient (Wildman–Crippen LogP) is 16.7. The Hall–Kier alpha value is -10.2. The van der Waals surface area contributed by atoms with Crippen molar-refractivity contribution in [1.29, 1.82) is 0 Å². The summed E-state index contributed by atoms with van der Waals surface area (Å²) in [5, 5.41) is 18.0. The summed E-state index contributed by atoms with van der Waals surface area (Å²) in [6.45, 7) is 15.5. The molecule has 4 fully saturated rings. The molecular weight excluding hydrogens is 1590 g/mol. The second kappa shape index (κ2) is 49.3. The number of thiazole rings is 5. The van der Waals surface area contributed by atoms with E-state index in [1.54, 1.807) is 125 Å². The first-order chi connectivity index (χ1) is 54.9. The maximum Gasteiger partial charge on any atom is 0.335 e. The van der Waals surface area contributed by atoms with Crippen LogP contribution < -0.4 is 21.7 Å². The molecule has 10 aromatic heterocycles. The number of rotatable bonds is 16. The third kappa shape index (κ3) is 32.4. The highest BCUT2D eigenvalue weighted by atomic mass is 35.5. The maximum atomic E-state index is 12.8. The molecule has 588 valence electrons. The van der Waals surface area contributed by atoms with Gasteiger partial charge in [0.1, 0.15) is 22.6 Å². The van der Waals surface area contributed by atoms with Crippen molar-refractivity contribution < 1.29 is 24.3 Å². The van der Waals surface area contributed by atoms with Crippen LogP contribution in [0.25, 0.3) is 42.3 Å². The molecule has 2 aliphatic carbocycles. The van der Waals surface area contributed by atoms with Crippen LogP contribution in [0, 0.1) is 24.7 Å². The predicted molar refractivity (Wildman–Crippen MR) is 454 cm³/mol. The number of carboxylic acids is 1. The Balaban J connectivity index is 0.000000169. The molecule has 3 amide bonds. The van der Waals surface area contributed by atoms with Crippen molar-refractivity contribution in [3.05, 3.63) is 243 Å². The largest absolute Gasteiger partial charge is 0.478 e. The number of nitrogens with two attached hydrogens (primary N) is 1. The molecule has 26 nitrogen and oxygen atoms in total. The van der Waals surface area contributed by atoms with Gasteiger partial charge in [-0.1, -0.05) is 63.3 Å². The average Bonchev–Trinajstić information content (AvgIpc) is 1.61. The SMILES string of the molecule is C=CC(=O)Nc1ccc(C(=O)N2CC[C@@H](Cc3nccc(-c4cncs4)n3)C2)cc1.C=CC(=O)Nc1ccc(C(=O)O)cc1.C=NC.Cc1cncs1.Clc1ccnc(Cl)n1.Clc1nccc(-c2cncs2)n1.NC1CCCC1.c1cc(-c2cncs2)nc(CC2CCCC2)n1.c1cc(-c2cncs2)nc(C[C@@H]2CCNC2)n1. The molecule has 12 heterocycles. The molecule has 6 N–H and O–H groups in total. The number of nitrogens with zero attached hydrogens (tertiary/aromatic N) is 17. The fourth-order valence-corrected chi connectivity index (χ4v) is 14.6. The number of aryl methyl sites for hydroxylation is 1. The third-order valence-corrected chi connectivity index (χ3v) is 21.3. The zero-order valence-corrected chi connectivity index (χ0v) is 68.6. The number of hydrogen-bond donors (Lipinski definition) is 5. The van der Waals surface area contributed by atoms with Crippen LogP contribution in [-0.4, -0.2) is 154 Å². The van der Waals surface area contributed by atoms with E-state index in [9.17, 15) is 19.2 Å². The van der Waals surface area contributed by atoms with Crippen molar-refractivity contribution in [1.82, 2.24) is 85.0 Å². The summed E-state index contributed by atoms with van der Waals surface area (Å²) >= 11 is 24.4. The number of amides is 3. The van der Waals surface area contributed by atoms with E-state index in [4.69, 9.17) is 45.6 Å². The zero-order chi connectivity index (χ0) is 80.4. The highest BCUT2D eigenvalue weighted by molar-refractivity contribution is 7.14. The monoisotopic (exact) mass is 1670 g/mol. The zero-order valence-electron chi connectivity index (χ0n) is 62.2. The average molecular weight is 1680 g/mol. The second-order valence-electron chi connectivity index (χ2n) is 25.2. The fraction of sp³-hybridized carbons (Fsp3) is 0.291. The minimum absolute atomic E-state index is 0.00146. The van der Waals surface area contributed by atoms with Crippen LogP contribution in [0.15, 0.2) is 199 Å². The Bertz CT molecular complexity index is 4680. The molecule has 0 bridgehead atoms. The van der Waals surface area contributed by atoms with Crippen LogP contribution in [0.1, 0.15) is 107 Å². The lowest BCUT2D eigenvalue weighted by Crippen LogP contribution is -2.29. The lowest BCUT2D eigenvalue weighted by Gasteiger charge is -2.17. The van der Waals surface area contributed by atoms with Crippen LogP contribution in [0.3, 0.4) is 0 Å². The minimum Gasteiger partial charge on any atom is -0.478 e. The van der Waals surface area contributed by atoms with E-state index in [1.165, 1.54) is 111 Å². The van der Waals surface area contributed by atoms with E-state index >= 15 is 0 Å². The normalized spacial score (nSPS) is 14.4. The van der Waals surface area contributed by atoms with E-state index in [0.29, 0.717) is 53.1 Å². The van der Waals surface area contributed by atoms with Gasteiger partial charge in [-0.15, -0.1) is 56.7 Å². The van der Waals surface area contributed by atoms with Gasteiger partial charge in [0.2, 0.25) is 22.4 Å². The number of carboxylic acid groups (broad SMARTS) is 1. The number of benzene rings is 2. The lowest BCUT2D eigenvalue weighted by atomic mass is 10.0. The van der Waals surface area contributed by atoms with E-state index in [0.717, 1.165) is 111 Å². The smallest absolute Gasteiger partial charge is 0.335 e. The molecular formula is C79H86Cl3N21O5S5. The third-order valence-electron chi connectivity index (χ3n) is 16.8. The molecule has 2 aromatic carbocycles. The van der Waals surface area contributed by atoms with Crippen molar-refractivity contribution in [3.63, 3.8) is 0 Å². The molecule has 12 aromatic rings. The second-order valence-corrected chi connectivity index (χ2v) is 30.9. The van der Waals surface area contributed by atoms with Gasteiger partial charge >= 0.3 is 5.97 Å². The van der Waals surface area contributed by atoms with E-state index in [1.807, 2.05) is 77.5 Å². The van der Waals surface area contributed by atoms with Crippen LogP contribution in [0.4, 0.5) is 11.4 Å². The number of nitrogens with one attached hydrogen (secondary N) is 3. The Kier molecular flexibility index (Phi) is 38.6. The number of aromatic nitrogens is 15. The minimum atomic E-state index is -0.994. The van der Waals surface area contributed by atoms with Crippen molar-refractivity contribution >= 4 is 133 Å². The van der Waals surface area contributed by atoms with Gasteiger partial charge in [-0.3, -0.25) is 39.3 Å².